The van der Waals surface area contributed by atoms with Crippen molar-refractivity contribution >= 4 is 11.8 Å². The summed E-state index contributed by atoms with van der Waals surface area (Å²) in [7, 11) is 0. The summed E-state index contributed by atoms with van der Waals surface area (Å²) in [5, 5.41) is 2.96. The van der Waals surface area contributed by atoms with E-state index < -0.39 is 5.60 Å². The van der Waals surface area contributed by atoms with Gasteiger partial charge in [0.2, 0.25) is 5.91 Å². The summed E-state index contributed by atoms with van der Waals surface area (Å²) in [6, 6.07) is 12.0. The van der Waals surface area contributed by atoms with Crippen LogP contribution in [0.2, 0.25) is 0 Å². The van der Waals surface area contributed by atoms with Gasteiger partial charge in [-0.3, -0.25) is 14.6 Å². The van der Waals surface area contributed by atoms with Gasteiger partial charge >= 0.3 is 0 Å². The summed E-state index contributed by atoms with van der Waals surface area (Å²) in [4.78, 5) is 32.6. The number of carbonyl (C=O) groups is 2. The standard InChI is InChI=1S/C26H33N3O3/c1-2-28-25(31)26(18-22-10-6-7-11-23(22)20-12-14-27-15-13-20)19-29(16-17-32-26)24(30)21-8-4-3-5-9-21/h6-7,10-15,21H,2-5,8-9,16-19H2,1H3,(H,28,31)/t26-/m0/s1. The van der Waals surface area contributed by atoms with Crippen molar-refractivity contribution in [3.8, 4) is 11.1 Å². The van der Waals surface area contributed by atoms with E-state index in [4.69, 9.17) is 4.74 Å². The molecule has 1 aliphatic heterocycles. The number of hydrogen-bond donors (Lipinski definition) is 1. The molecule has 6 nitrogen and oxygen atoms in total. The Hall–Kier alpha value is -2.73. The van der Waals surface area contributed by atoms with E-state index >= 15 is 0 Å². The van der Waals surface area contributed by atoms with Gasteiger partial charge in [0.1, 0.15) is 0 Å². The highest BCUT2D eigenvalue weighted by molar-refractivity contribution is 5.88. The highest BCUT2D eigenvalue weighted by Crippen LogP contribution is 2.32. The second-order valence-electron chi connectivity index (χ2n) is 8.87. The summed E-state index contributed by atoms with van der Waals surface area (Å²) in [5.41, 5.74) is 2.03. The minimum absolute atomic E-state index is 0.0814. The average molecular weight is 436 g/mol. The van der Waals surface area contributed by atoms with Gasteiger partial charge in [-0.05, 0) is 48.6 Å². The molecule has 0 bridgehead atoms. The quantitative estimate of drug-likeness (QED) is 0.753. The molecule has 1 aromatic heterocycles. The molecule has 2 aromatic rings. The van der Waals surface area contributed by atoms with Crippen molar-refractivity contribution in [3.63, 3.8) is 0 Å². The molecular weight excluding hydrogens is 402 g/mol. The number of nitrogens with one attached hydrogen (secondary N) is 1. The predicted molar refractivity (Wildman–Crippen MR) is 124 cm³/mol. The molecule has 6 heteroatoms. The Morgan fingerprint density at radius 3 is 2.62 bits per heavy atom. The lowest BCUT2D eigenvalue weighted by atomic mass is 9.85. The van der Waals surface area contributed by atoms with Crippen LogP contribution in [0, 0.1) is 5.92 Å². The van der Waals surface area contributed by atoms with E-state index in [1.807, 2.05) is 42.2 Å². The van der Waals surface area contributed by atoms with Crippen LogP contribution < -0.4 is 5.32 Å². The first-order valence-corrected chi connectivity index (χ1v) is 11.8. The predicted octanol–water partition coefficient (Wildman–Crippen LogP) is 3.61. The molecule has 1 atom stereocenters. The smallest absolute Gasteiger partial charge is 0.254 e. The highest BCUT2D eigenvalue weighted by atomic mass is 16.5. The summed E-state index contributed by atoms with van der Waals surface area (Å²) in [6.45, 7) is 3.63. The monoisotopic (exact) mass is 435 g/mol. The number of nitrogens with zero attached hydrogens (tertiary/aromatic N) is 2. The summed E-state index contributed by atoms with van der Waals surface area (Å²) in [6.07, 6.45) is 9.29. The maximum atomic E-state index is 13.3. The second-order valence-corrected chi connectivity index (χ2v) is 8.87. The first-order chi connectivity index (χ1) is 15.6. The van der Waals surface area contributed by atoms with E-state index in [2.05, 4.69) is 16.4 Å². The fourth-order valence-electron chi connectivity index (χ4n) is 5.02. The van der Waals surface area contributed by atoms with Gasteiger partial charge in [0.25, 0.3) is 5.91 Å². The van der Waals surface area contributed by atoms with Gasteiger partial charge in [-0.15, -0.1) is 0 Å². The zero-order valence-corrected chi connectivity index (χ0v) is 18.9. The zero-order chi connectivity index (χ0) is 22.4. The molecule has 1 saturated heterocycles. The van der Waals surface area contributed by atoms with Crippen molar-refractivity contribution in [3.05, 3.63) is 54.4 Å². The third-order valence-electron chi connectivity index (χ3n) is 6.69. The SMILES string of the molecule is CCNC(=O)[C@]1(Cc2ccccc2-c2ccncc2)CN(C(=O)C2CCCCC2)CCO1. The van der Waals surface area contributed by atoms with E-state index in [-0.39, 0.29) is 17.7 Å². The number of morpholine rings is 1. The molecule has 2 heterocycles. The maximum Gasteiger partial charge on any atom is 0.254 e. The lowest BCUT2D eigenvalue weighted by Gasteiger charge is -2.43. The van der Waals surface area contributed by atoms with Crippen LogP contribution in [-0.4, -0.2) is 53.5 Å². The van der Waals surface area contributed by atoms with Crippen molar-refractivity contribution in [2.45, 2.75) is 51.0 Å². The van der Waals surface area contributed by atoms with Gasteiger partial charge in [0.15, 0.2) is 5.60 Å². The topological polar surface area (TPSA) is 71.5 Å². The van der Waals surface area contributed by atoms with Crippen LogP contribution in [0.3, 0.4) is 0 Å². The molecule has 32 heavy (non-hydrogen) atoms. The highest BCUT2D eigenvalue weighted by Gasteiger charge is 2.46. The number of ether oxygens (including phenoxy) is 1. The third kappa shape index (κ3) is 4.85. The van der Waals surface area contributed by atoms with Gasteiger partial charge in [0.05, 0.1) is 13.2 Å². The van der Waals surface area contributed by atoms with Crippen molar-refractivity contribution in [2.24, 2.45) is 5.92 Å². The lowest BCUT2D eigenvalue weighted by molar-refractivity contribution is -0.168. The molecule has 1 saturated carbocycles. The number of rotatable bonds is 6. The van der Waals surface area contributed by atoms with Gasteiger partial charge in [-0.1, -0.05) is 43.5 Å². The Morgan fingerprint density at radius 1 is 1.12 bits per heavy atom. The molecule has 2 amide bonds. The molecule has 0 spiro atoms. The van der Waals surface area contributed by atoms with E-state index in [9.17, 15) is 9.59 Å². The molecule has 1 N–H and O–H groups in total. The van der Waals surface area contributed by atoms with Crippen molar-refractivity contribution < 1.29 is 14.3 Å². The first kappa shape index (κ1) is 22.5. The largest absolute Gasteiger partial charge is 0.361 e. The van der Waals surface area contributed by atoms with Crippen LogP contribution in [0.4, 0.5) is 0 Å². The number of benzene rings is 1. The van der Waals surface area contributed by atoms with Gasteiger partial charge in [-0.25, -0.2) is 0 Å². The summed E-state index contributed by atoms with van der Waals surface area (Å²) < 4.78 is 6.22. The van der Waals surface area contributed by atoms with Crippen LogP contribution in [0.1, 0.15) is 44.6 Å². The Morgan fingerprint density at radius 2 is 1.88 bits per heavy atom. The van der Waals surface area contributed by atoms with Crippen molar-refractivity contribution in [1.82, 2.24) is 15.2 Å². The Kier molecular flexibility index (Phi) is 7.20. The van der Waals surface area contributed by atoms with Crippen LogP contribution in [0.15, 0.2) is 48.8 Å². The molecule has 2 aliphatic rings. The van der Waals surface area contributed by atoms with Crippen LogP contribution in [-0.2, 0) is 20.7 Å². The second kappa shape index (κ2) is 10.3. The number of likely N-dealkylation sites (N-methyl/N-ethyl adjacent to an activating group) is 1. The van der Waals surface area contributed by atoms with E-state index in [1.54, 1.807) is 12.4 Å². The molecule has 2 fully saturated rings. The molecular formula is C26H33N3O3. The maximum absolute atomic E-state index is 13.3. The molecule has 170 valence electrons. The van der Waals surface area contributed by atoms with E-state index in [0.29, 0.717) is 32.7 Å². The number of amides is 2. The van der Waals surface area contributed by atoms with Crippen LogP contribution in [0.25, 0.3) is 11.1 Å². The fourth-order valence-corrected chi connectivity index (χ4v) is 5.02. The number of hydrogen-bond acceptors (Lipinski definition) is 4. The van der Waals surface area contributed by atoms with Crippen molar-refractivity contribution in [1.29, 1.82) is 0 Å². The summed E-state index contributed by atoms with van der Waals surface area (Å²) in [5.74, 6) is 0.118. The first-order valence-electron chi connectivity index (χ1n) is 11.8. The van der Waals surface area contributed by atoms with Crippen molar-refractivity contribution in [2.75, 3.05) is 26.2 Å². The molecule has 1 aromatic carbocycles. The Bertz CT molecular complexity index is 927. The Balaban J connectivity index is 1.63. The average Bonchev–Trinajstić information content (AvgIpc) is 2.85. The number of aromatic nitrogens is 1. The van der Waals surface area contributed by atoms with Gasteiger partial charge < -0.3 is 15.0 Å². The van der Waals surface area contributed by atoms with E-state index in [1.165, 1.54) is 6.42 Å². The normalized spacial score (nSPS) is 21.8. The zero-order valence-electron chi connectivity index (χ0n) is 18.9. The van der Waals surface area contributed by atoms with Gasteiger partial charge in [0, 0.05) is 37.8 Å². The van der Waals surface area contributed by atoms with Crippen LogP contribution >= 0.6 is 0 Å². The lowest BCUT2D eigenvalue weighted by Crippen LogP contribution is -2.62. The molecule has 4 rings (SSSR count). The fraction of sp³-hybridized carbons (Fsp3) is 0.500. The third-order valence-corrected chi connectivity index (χ3v) is 6.69. The van der Waals surface area contributed by atoms with Crippen LogP contribution in [0.5, 0.6) is 0 Å². The minimum atomic E-state index is -1.10. The number of carbonyl (C=O) groups excluding carboxylic acids is 2. The number of pyridine rings is 1. The van der Waals surface area contributed by atoms with Gasteiger partial charge in [-0.2, -0.15) is 0 Å². The minimum Gasteiger partial charge on any atom is -0.361 e. The molecule has 0 radical (unpaired) electrons. The molecule has 1 aliphatic carbocycles. The Labute approximate surface area is 190 Å². The summed E-state index contributed by atoms with van der Waals surface area (Å²) >= 11 is 0. The molecule has 0 unspecified atom stereocenters. The van der Waals surface area contributed by atoms with E-state index in [0.717, 1.165) is 42.4 Å².